The molecule has 0 amide bonds. The minimum atomic E-state index is 0.210. The van der Waals surface area contributed by atoms with Gasteiger partial charge < -0.3 is 14.6 Å². The van der Waals surface area contributed by atoms with E-state index in [-0.39, 0.29) is 6.10 Å². The van der Waals surface area contributed by atoms with Crippen LogP contribution in [0, 0.1) is 11.8 Å². The summed E-state index contributed by atoms with van der Waals surface area (Å²) in [5, 5.41) is 3.97. The fourth-order valence-corrected chi connectivity index (χ4v) is 4.54. The van der Waals surface area contributed by atoms with Crippen molar-refractivity contribution in [3.63, 3.8) is 0 Å². The molecule has 122 valence electrons. The van der Waals surface area contributed by atoms with Gasteiger partial charge in [-0.3, -0.25) is 0 Å². The molecule has 4 atom stereocenters. The molecule has 1 N–H and O–H groups in total. The largest absolute Gasteiger partial charge is 0.372 e. The van der Waals surface area contributed by atoms with Gasteiger partial charge in [-0.15, -0.1) is 0 Å². The molecular formula is C18H29N3O. The third kappa shape index (κ3) is 3.23. The molecule has 3 aliphatic rings. The maximum atomic E-state index is 5.99. The van der Waals surface area contributed by atoms with Crippen molar-refractivity contribution in [1.82, 2.24) is 14.9 Å². The molecule has 2 saturated carbocycles. The average molecular weight is 303 g/mol. The Balaban J connectivity index is 1.33. The molecule has 0 unspecified atom stereocenters. The van der Waals surface area contributed by atoms with E-state index < -0.39 is 0 Å². The highest BCUT2D eigenvalue weighted by molar-refractivity contribution is 5.04. The molecule has 4 nitrogen and oxygen atoms in total. The maximum Gasteiger partial charge on any atom is 0.100 e. The van der Waals surface area contributed by atoms with Gasteiger partial charge in [-0.05, 0) is 50.4 Å². The van der Waals surface area contributed by atoms with Gasteiger partial charge in [0.25, 0.3) is 0 Å². The smallest absolute Gasteiger partial charge is 0.100 e. The lowest BCUT2D eigenvalue weighted by Crippen LogP contribution is -2.44. The Hall–Kier alpha value is -0.870. The van der Waals surface area contributed by atoms with Crippen molar-refractivity contribution in [2.24, 2.45) is 18.9 Å². The number of hydrogen-bond acceptors (Lipinski definition) is 3. The van der Waals surface area contributed by atoms with Crippen molar-refractivity contribution in [2.75, 3.05) is 6.61 Å². The van der Waals surface area contributed by atoms with Crippen molar-refractivity contribution in [1.29, 1.82) is 0 Å². The minimum Gasteiger partial charge on any atom is -0.372 e. The van der Waals surface area contributed by atoms with E-state index in [1.807, 2.05) is 12.5 Å². The molecule has 3 fully saturated rings. The lowest BCUT2D eigenvalue weighted by molar-refractivity contribution is -0.00707. The van der Waals surface area contributed by atoms with E-state index in [1.54, 1.807) is 0 Å². The van der Waals surface area contributed by atoms with E-state index in [0.29, 0.717) is 6.04 Å². The molecule has 2 heterocycles. The Morgan fingerprint density at radius 1 is 1.09 bits per heavy atom. The first-order valence-corrected chi connectivity index (χ1v) is 9.13. The number of nitrogens with one attached hydrogen (secondary N) is 1. The zero-order chi connectivity index (χ0) is 14.9. The molecule has 1 aromatic rings. The van der Waals surface area contributed by atoms with Crippen molar-refractivity contribution < 1.29 is 4.74 Å². The Bertz CT molecular complexity index is 496. The molecular weight excluding hydrogens is 274 g/mol. The summed E-state index contributed by atoms with van der Waals surface area (Å²) in [7, 11) is 2.06. The van der Waals surface area contributed by atoms with Crippen LogP contribution < -0.4 is 5.32 Å². The molecule has 4 rings (SSSR count). The van der Waals surface area contributed by atoms with Crippen LogP contribution in [0.3, 0.4) is 0 Å². The van der Waals surface area contributed by atoms with Gasteiger partial charge in [0.1, 0.15) is 6.10 Å². The maximum absolute atomic E-state index is 5.99. The molecule has 0 radical (unpaired) electrons. The second kappa shape index (κ2) is 6.32. The van der Waals surface area contributed by atoms with Crippen LogP contribution in [0.2, 0.25) is 0 Å². The number of hydrogen-bond donors (Lipinski definition) is 1. The van der Waals surface area contributed by atoms with Gasteiger partial charge in [0.15, 0.2) is 0 Å². The zero-order valence-corrected chi connectivity index (χ0v) is 13.7. The summed E-state index contributed by atoms with van der Waals surface area (Å²) in [6, 6.07) is 1.35. The highest BCUT2D eigenvalue weighted by Crippen LogP contribution is 2.44. The van der Waals surface area contributed by atoms with Crippen LogP contribution in [0.4, 0.5) is 0 Å². The van der Waals surface area contributed by atoms with Gasteiger partial charge in [-0.25, -0.2) is 4.98 Å². The number of aromatic nitrogens is 2. The summed E-state index contributed by atoms with van der Waals surface area (Å²) in [5.74, 6) is 2.08. The van der Waals surface area contributed by atoms with E-state index in [4.69, 9.17) is 4.74 Å². The highest BCUT2D eigenvalue weighted by atomic mass is 16.5. The molecule has 4 heteroatoms. The molecule has 2 aliphatic carbocycles. The Morgan fingerprint density at radius 3 is 2.73 bits per heavy atom. The number of aryl methyl sites for hydroxylation is 1. The quantitative estimate of drug-likeness (QED) is 0.928. The summed E-state index contributed by atoms with van der Waals surface area (Å²) < 4.78 is 8.09. The number of nitrogens with zero attached hydrogens (tertiary/aromatic N) is 2. The van der Waals surface area contributed by atoms with Gasteiger partial charge >= 0.3 is 0 Å². The van der Waals surface area contributed by atoms with Crippen LogP contribution in [-0.4, -0.2) is 28.2 Å². The van der Waals surface area contributed by atoms with E-state index in [0.717, 1.165) is 37.3 Å². The third-order valence-corrected chi connectivity index (χ3v) is 5.94. The Morgan fingerprint density at radius 2 is 1.95 bits per heavy atom. The second-order valence-corrected chi connectivity index (χ2v) is 7.64. The molecule has 1 aromatic heterocycles. The summed E-state index contributed by atoms with van der Waals surface area (Å²) in [5.41, 5.74) is 1.21. The first-order valence-electron chi connectivity index (χ1n) is 9.13. The molecule has 1 aliphatic heterocycles. The zero-order valence-electron chi connectivity index (χ0n) is 13.7. The molecule has 1 saturated heterocycles. The van der Waals surface area contributed by atoms with Crippen molar-refractivity contribution in [2.45, 2.75) is 69.6 Å². The van der Waals surface area contributed by atoms with Gasteiger partial charge in [0.2, 0.25) is 0 Å². The highest BCUT2D eigenvalue weighted by Gasteiger charge is 2.35. The van der Waals surface area contributed by atoms with E-state index in [2.05, 4.69) is 21.9 Å². The molecule has 0 aromatic carbocycles. The summed E-state index contributed by atoms with van der Waals surface area (Å²) >= 11 is 0. The van der Waals surface area contributed by atoms with Crippen LogP contribution in [0.1, 0.15) is 63.2 Å². The van der Waals surface area contributed by atoms with Crippen molar-refractivity contribution in [3.05, 3.63) is 18.2 Å². The fraction of sp³-hybridized carbons (Fsp3) is 0.833. The fourth-order valence-electron chi connectivity index (χ4n) is 4.54. The van der Waals surface area contributed by atoms with E-state index >= 15 is 0 Å². The lowest BCUT2D eigenvalue weighted by Gasteiger charge is -2.36. The third-order valence-electron chi connectivity index (χ3n) is 5.94. The number of ether oxygens (including phenoxy) is 1. The van der Waals surface area contributed by atoms with Gasteiger partial charge in [-0.1, -0.05) is 12.8 Å². The lowest BCUT2D eigenvalue weighted by atomic mass is 9.82. The second-order valence-electron chi connectivity index (χ2n) is 7.64. The number of imidazole rings is 1. The summed E-state index contributed by atoms with van der Waals surface area (Å²) in [4.78, 5) is 4.24. The van der Waals surface area contributed by atoms with Crippen LogP contribution in [0.15, 0.2) is 12.5 Å². The predicted molar refractivity (Wildman–Crippen MR) is 86.5 cm³/mol. The van der Waals surface area contributed by atoms with Crippen LogP contribution in [0.25, 0.3) is 0 Å². The first kappa shape index (κ1) is 14.7. The predicted octanol–water partition coefficient (Wildman–Crippen LogP) is 3.20. The number of rotatable bonds is 4. The van der Waals surface area contributed by atoms with Gasteiger partial charge in [-0.2, -0.15) is 0 Å². The molecule has 0 spiro atoms. The van der Waals surface area contributed by atoms with Crippen LogP contribution >= 0.6 is 0 Å². The Labute approximate surface area is 133 Å². The average Bonchev–Trinajstić information content (AvgIpc) is 3.30. The summed E-state index contributed by atoms with van der Waals surface area (Å²) in [6.07, 6.45) is 15.0. The molecule has 0 bridgehead atoms. The van der Waals surface area contributed by atoms with Crippen molar-refractivity contribution >= 4 is 0 Å². The summed E-state index contributed by atoms with van der Waals surface area (Å²) in [6.45, 7) is 0.867. The Kier molecular flexibility index (Phi) is 4.23. The van der Waals surface area contributed by atoms with Crippen LogP contribution in [0.5, 0.6) is 0 Å². The minimum absolute atomic E-state index is 0.210. The van der Waals surface area contributed by atoms with Crippen LogP contribution in [-0.2, 0) is 11.8 Å². The van der Waals surface area contributed by atoms with E-state index in [1.165, 1.54) is 44.2 Å². The first-order chi connectivity index (χ1) is 10.8. The van der Waals surface area contributed by atoms with Gasteiger partial charge in [0, 0.05) is 25.7 Å². The van der Waals surface area contributed by atoms with Gasteiger partial charge in [0.05, 0.1) is 18.2 Å². The monoisotopic (exact) mass is 303 g/mol. The topological polar surface area (TPSA) is 39.1 Å². The van der Waals surface area contributed by atoms with E-state index in [9.17, 15) is 0 Å². The van der Waals surface area contributed by atoms with Crippen molar-refractivity contribution in [3.8, 4) is 0 Å². The molecule has 22 heavy (non-hydrogen) atoms. The normalized spacial score (nSPS) is 36.4. The standard InChI is InChI=1S/C18H29N3O/c1-21-12-19-11-17(21)18-10-16(7-8-22-18)20-15-4-2-3-14(9-15)13-5-6-13/h11-16,18,20H,2-10H2,1H3/t14-,15+,16-,18+/m1/s1. The SMILES string of the molecule is Cn1cncc1[C@@H]1C[C@H](N[C@H]2CCC[C@@H](C3CC3)C2)CCO1.